The second-order valence-corrected chi connectivity index (χ2v) is 4.70. The van der Waals surface area contributed by atoms with E-state index >= 15 is 0 Å². The fourth-order valence-electron chi connectivity index (χ4n) is 1.58. The number of alkyl halides is 1. The molecule has 0 heterocycles. The first-order valence-corrected chi connectivity index (χ1v) is 7.34. The molecule has 0 amide bonds. The van der Waals surface area contributed by atoms with Crippen LogP contribution in [0.5, 0.6) is 0 Å². The lowest BCUT2D eigenvalue weighted by Crippen LogP contribution is -2.20. The van der Waals surface area contributed by atoms with Gasteiger partial charge < -0.3 is 11.5 Å². The van der Waals surface area contributed by atoms with E-state index in [9.17, 15) is 0 Å². The minimum absolute atomic E-state index is 0.333. The van der Waals surface area contributed by atoms with Crippen LogP contribution in [0.1, 0.15) is 71.1 Å². The lowest BCUT2D eigenvalue weighted by atomic mass is 10.1. The maximum Gasteiger partial charge on any atom is 0.183 e. The molecule has 0 saturated carbocycles. The number of hydrogen-bond acceptors (Lipinski definition) is 1. The van der Waals surface area contributed by atoms with Crippen LogP contribution in [0.2, 0.25) is 0 Å². The molecule has 0 aromatic carbocycles. The SMILES string of the molecule is CCCCCCCCCCCCCl.N=C(N)N. The van der Waals surface area contributed by atoms with Crippen LogP contribution in [-0.2, 0) is 0 Å². The highest BCUT2D eigenvalue weighted by Gasteiger charge is 1.91. The Hall–Kier alpha value is -0.440. The molecule has 17 heavy (non-hydrogen) atoms. The molecule has 0 aliphatic heterocycles. The summed E-state index contributed by atoms with van der Waals surface area (Å²) < 4.78 is 0. The Morgan fingerprint density at radius 1 is 0.824 bits per heavy atom. The zero-order valence-electron chi connectivity index (χ0n) is 11.3. The molecule has 0 aromatic rings. The molecule has 5 N–H and O–H groups in total. The highest BCUT2D eigenvalue weighted by Crippen LogP contribution is 2.10. The van der Waals surface area contributed by atoms with Crippen LogP contribution in [0.15, 0.2) is 0 Å². The summed E-state index contributed by atoms with van der Waals surface area (Å²) in [6.07, 6.45) is 13.9. The summed E-state index contributed by atoms with van der Waals surface area (Å²) in [5.74, 6) is 0.510. The Morgan fingerprint density at radius 3 is 1.41 bits per heavy atom. The van der Waals surface area contributed by atoms with Crippen LogP contribution in [0, 0.1) is 5.41 Å². The van der Waals surface area contributed by atoms with E-state index < -0.39 is 0 Å². The van der Waals surface area contributed by atoms with Crippen molar-refractivity contribution >= 4 is 17.6 Å². The quantitative estimate of drug-likeness (QED) is 0.241. The number of guanidine groups is 1. The minimum atomic E-state index is -0.333. The van der Waals surface area contributed by atoms with E-state index in [2.05, 4.69) is 18.4 Å². The van der Waals surface area contributed by atoms with Crippen LogP contribution >= 0.6 is 11.6 Å². The fourth-order valence-corrected chi connectivity index (χ4v) is 1.77. The summed E-state index contributed by atoms with van der Waals surface area (Å²) in [4.78, 5) is 0. The van der Waals surface area contributed by atoms with Gasteiger partial charge in [-0.1, -0.05) is 64.7 Å². The first-order chi connectivity index (χ1) is 8.15. The predicted molar refractivity (Wildman–Crippen MR) is 78.7 cm³/mol. The third-order valence-electron chi connectivity index (χ3n) is 2.49. The Morgan fingerprint density at radius 2 is 1.12 bits per heavy atom. The fraction of sp³-hybridized carbons (Fsp3) is 0.923. The van der Waals surface area contributed by atoms with E-state index in [4.69, 9.17) is 17.0 Å². The van der Waals surface area contributed by atoms with Crippen molar-refractivity contribution in [3.63, 3.8) is 0 Å². The molecular weight excluding hydrogens is 234 g/mol. The van der Waals surface area contributed by atoms with Crippen molar-refractivity contribution in [2.45, 2.75) is 71.1 Å². The number of halogens is 1. The Kier molecular flexibility index (Phi) is 20.0. The molecule has 0 spiro atoms. The third kappa shape index (κ3) is 31.3. The number of rotatable bonds is 10. The van der Waals surface area contributed by atoms with Crippen molar-refractivity contribution in [1.82, 2.24) is 0 Å². The summed E-state index contributed by atoms with van der Waals surface area (Å²) in [5, 5.41) is 6.06. The molecule has 0 fully saturated rings. The molecule has 0 aromatic heterocycles. The smallest absolute Gasteiger partial charge is 0.183 e. The molecule has 0 atom stereocenters. The molecule has 0 unspecified atom stereocenters. The average Bonchev–Trinajstić information content (AvgIpc) is 2.26. The summed E-state index contributed by atoms with van der Waals surface area (Å²) >= 11 is 5.60. The zero-order valence-corrected chi connectivity index (χ0v) is 12.1. The van der Waals surface area contributed by atoms with Gasteiger partial charge in [0.25, 0.3) is 0 Å². The first kappa shape index (κ1) is 18.9. The standard InChI is InChI=1S/C12H25Cl.CH5N3/c1-2-3-4-5-6-7-8-9-10-11-12-13;2-1(3)4/h2-12H2,1H3;(H5,2,3,4). The van der Waals surface area contributed by atoms with Gasteiger partial charge in [0, 0.05) is 5.88 Å². The van der Waals surface area contributed by atoms with E-state index in [0.29, 0.717) is 0 Å². The number of nitrogens with two attached hydrogens (primary N) is 2. The van der Waals surface area contributed by atoms with Crippen molar-refractivity contribution in [3.8, 4) is 0 Å². The van der Waals surface area contributed by atoms with Crippen molar-refractivity contribution in [3.05, 3.63) is 0 Å². The third-order valence-corrected chi connectivity index (χ3v) is 2.75. The molecule has 4 heteroatoms. The first-order valence-electron chi connectivity index (χ1n) is 6.80. The van der Waals surface area contributed by atoms with Gasteiger partial charge in [-0.05, 0) is 6.42 Å². The van der Waals surface area contributed by atoms with E-state index in [1.54, 1.807) is 0 Å². The maximum atomic E-state index is 6.06. The minimum Gasteiger partial charge on any atom is -0.370 e. The van der Waals surface area contributed by atoms with Gasteiger partial charge in [-0.3, -0.25) is 5.41 Å². The molecular formula is C13H30ClN3. The molecule has 0 aliphatic rings. The van der Waals surface area contributed by atoms with Gasteiger partial charge >= 0.3 is 0 Å². The number of unbranched alkanes of at least 4 members (excludes halogenated alkanes) is 9. The number of nitrogens with one attached hydrogen (secondary N) is 1. The van der Waals surface area contributed by atoms with E-state index in [1.165, 1.54) is 64.2 Å². The lowest BCUT2D eigenvalue weighted by molar-refractivity contribution is 0.563. The summed E-state index contributed by atoms with van der Waals surface area (Å²) in [6, 6.07) is 0. The largest absolute Gasteiger partial charge is 0.370 e. The van der Waals surface area contributed by atoms with E-state index in [1.807, 2.05) is 0 Å². The Balaban J connectivity index is 0. The van der Waals surface area contributed by atoms with Crippen LogP contribution < -0.4 is 11.5 Å². The predicted octanol–water partition coefficient (Wildman–Crippen LogP) is 3.98. The van der Waals surface area contributed by atoms with Crippen molar-refractivity contribution < 1.29 is 0 Å². The van der Waals surface area contributed by atoms with E-state index in [0.717, 1.165) is 5.88 Å². The second-order valence-electron chi connectivity index (χ2n) is 4.33. The molecule has 0 saturated heterocycles. The molecule has 0 bridgehead atoms. The second kappa shape index (κ2) is 17.9. The summed E-state index contributed by atoms with van der Waals surface area (Å²) in [7, 11) is 0. The topological polar surface area (TPSA) is 75.9 Å². The number of hydrogen-bond donors (Lipinski definition) is 3. The normalized spacial score (nSPS) is 9.53. The van der Waals surface area contributed by atoms with E-state index in [-0.39, 0.29) is 5.96 Å². The van der Waals surface area contributed by atoms with Crippen molar-refractivity contribution in [2.24, 2.45) is 11.5 Å². The van der Waals surface area contributed by atoms with Gasteiger partial charge in [0.1, 0.15) is 0 Å². The lowest BCUT2D eigenvalue weighted by Gasteiger charge is -2.00. The van der Waals surface area contributed by atoms with Crippen molar-refractivity contribution in [1.29, 1.82) is 5.41 Å². The molecule has 104 valence electrons. The highest BCUT2D eigenvalue weighted by atomic mass is 35.5. The Bertz CT molecular complexity index is 138. The van der Waals surface area contributed by atoms with Gasteiger partial charge in [0.15, 0.2) is 5.96 Å². The zero-order chi connectivity index (χ0) is 13.4. The van der Waals surface area contributed by atoms with Gasteiger partial charge in [0.2, 0.25) is 0 Å². The highest BCUT2D eigenvalue weighted by molar-refractivity contribution is 6.17. The summed E-state index contributed by atoms with van der Waals surface area (Å²) in [6.45, 7) is 2.27. The van der Waals surface area contributed by atoms with Gasteiger partial charge in [-0.2, -0.15) is 0 Å². The van der Waals surface area contributed by atoms with Crippen LogP contribution in [0.4, 0.5) is 0 Å². The van der Waals surface area contributed by atoms with Gasteiger partial charge in [0.05, 0.1) is 0 Å². The van der Waals surface area contributed by atoms with Gasteiger partial charge in [-0.15, -0.1) is 11.6 Å². The average molecular weight is 264 g/mol. The molecule has 0 rings (SSSR count). The molecule has 3 nitrogen and oxygen atoms in total. The maximum absolute atomic E-state index is 6.06. The van der Waals surface area contributed by atoms with Crippen molar-refractivity contribution in [2.75, 3.05) is 5.88 Å². The summed E-state index contributed by atoms with van der Waals surface area (Å²) in [5.41, 5.74) is 8.94. The van der Waals surface area contributed by atoms with Crippen LogP contribution in [-0.4, -0.2) is 11.8 Å². The Labute approximate surface area is 112 Å². The van der Waals surface area contributed by atoms with Crippen LogP contribution in [0.25, 0.3) is 0 Å². The molecule has 0 radical (unpaired) electrons. The van der Waals surface area contributed by atoms with Gasteiger partial charge in [-0.25, -0.2) is 0 Å². The van der Waals surface area contributed by atoms with Crippen LogP contribution in [0.3, 0.4) is 0 Å². The monoisotopic (exact) mass is 263 g/mol. The molecule has 0 aliphatic carbocycles.